The molecule has 0 atom stereocenters. The van der Waals surface area contributed by atoms with Crippen molar-refractivity contribution in [3.05, 3.63) is 63.9 Å². The van der Waals surface area contributed by atoms with Gasteiger partial charge < -0.3 is 9.88 Å². The number of nitrogens with one attached hydrogen (secondary N) is 1. The number of aromatic nitrogens is 1. The monoisotopic (exact) mass is 326 g/mol. The van der Waals surface area contributed by atoms with Crippen LogP contribution in [0.1, 0.15) is 21.5 Å². The quantitative estimate of drug-likeness (QED) is 0.864. The van der Waals surface area contributed by atoms with Gasteiger partial charge in [0.1, 0.15) is 4.64 Å². The Kier molecular flexibility index (Phi) is 4.65. The molecule has 2 aromatic rings. The van der Waals surface area contributed by atoms with E-state index in [1.807, 2.05) is 0 Å². The molecule has 0 aliphatic rings. The van der Waals surface area contributed by atoms with Crippen molar-refractivity contribution in [2.75, 3.05) is 7.05 Å². The van der Waals surface area contributed by atoms with Crippen molar-refractivity contribution in [1.82, 2.24) is 9.88 Å². The number of aromatic amines is 1. The van der Waals surface area contributed by atoms with Crippen LogP contribution < -0.4 is 0 Å². The number of carbonyl (C=O) groups is 1. The van der Waals surface area contributed by atoms with E-state index in [-0.39, 0.29) is 22.3 Å². The molecule has 116 valence electrons. The molecule has 0 aliphatic carbocycles. The predicted octanol–water partition coefficient (Wildman–Crippen LogP) is 4.04. The summed E-state index contributed by atoms with van der Waals surface area (Å²) in [6.45, 7) is -0.155. The van der Waals surface area contributed by atoms with Crippen molar-refractivity contribution in [3.63, 3.8) is 0 Å². The van der Waals surface area contributed by atoms with E-state index in [1.54, 1.807) is 12.3 Å². The van der Waals surface area contributed by atoms with Crippen LogP contribution in [-0.4, -0.2) is 22.8 Å². The molecule has 0 unspecified atom stereocenters. The fourth-order valence-electron chi connectivity index (χ4n) is 2.06. The summed E-state index contributed by atoms with van der Waals surface area (Å²) in [7, 11) is 1.44. The summed E-state index contributed by atoms with van der Waals surface area (Å²) in [5.41, 5.74) is -0.450. The first-order valence-corrected chi connectivity index (χ1v) is 6.80. The molecule has 2 rings (SSSR count). The number of hydrogen-bond donors (Lipinski definition) is 1. The predicted molar refractivity (Wildman–Crippen MR) is 78.9 cm³/mol. The smallest absolute Gasteiger partial charge is 0.352 e. The Morgan fingerprint density at radius 2 is 1.91 bits per heavy atom. The normalized spacial score (nSPS) is 11.3. The van der Waals surface area contributed by atoms with Crippen LogP contribution in [0.25, 0.3) is 0 Å². The second-order valence-electron chi connectivity index (χ2n) is 4.73. The minimum absolute atomic E-state index is 0.0386. The van der Waals surface area contributed by atoms with E-state index in [1.165, 1.54) is 36.2 Å². The zero-order chi connectivity index (χ0) is 16.3. The lowest BCUT2D eigenvalue weighted by Gasteiger charge is -2.20. The SMILES string of the molecule is CN(Cc1ccccc1C(F)(F)F)C(=O)c1ccc[nH]c1=S. The number of alkyl halides is 3. The number of benzene rings is 1. The van der Waals surface area contributed by atoms with Crippen molar-refractivity contribution in [3.8, 4) is 0 Å². The minimum Gasteiger partial charge on any atom is -0.352 e. The second-order valence-corrected chi connectivity index (χ2v) is 5.14. The van der Waals surface area contributed by atoms with E-state index in [2.05, 4.69) is 4.98 Å². The van der Waals surface area contributed by atoms with Crippen LogP contribution in [0.4, 0.5) is 13.2 Å². The van der Waals surface area contributed by atoms with Crippen molar-refractivity contribution in [1.29, 1.82) is 0 Å². The van der Waals surface area contributed by atoms with Crippen molar-refractivity contribution in [2.45, 2.75) is 12.7 Å². The molecule has 3 nitrogen and oxygen atoms in total. The molecule has 1 aromatic heterocycles. The Labute approximate surface area is 130 Å². The molecule has 0 bridgehead atoms. The average Bonchev–Trinajstić information content (AvgIpc) is 2.46. The second kappa shape index (κ2) is 6.31. The van der Waals surface area contributed by atoms with Crippen LogP contribution in [-0.2, 0) is 12.7 Å². The van der Waals surface area contributed by atoms with Gasteiger partial charge >= 0.3 is 6.18 Å². The maximum atomic E-state index is 13.0. The summed E-state index contributed by atoms with van der Waals surface area (Å²) in [5, 5.41) is 0. The molecule has 22 heavy (non-hydrogen) atoms. The number of hydrogen-bond acceptors (Lipinski definition) is 2. The average molecular weight is 326 g/mol. The largest absolute Gasteiger partial charge is 0.416 e. The summed E-state index contributed by atoms with van der Waals surface area (Å²) < 4.78 is 39.1. The Morgan fingerprint density at radius 1 is 1.23 bits per heavy atom. The molecule has 1 amide bonds. The lowest BCUT2D eigenvalue weighted by atomic mass is 10.1. The number of carbonyl (C=O) groups excluding carboxylic acids is 1. The maximum Gasteiger partial charge on any atom is 0.416 e. The topological polar surface area (TPSA) is 36.1 Å². The van der Waals surface area contributed by atoms with Crippen LogP contribution in [0.2, 0.25) is 0 Å². The van der Waals surface area contributed by atoms with Gasteiger partial charge in [0.2, 0.25) is 0 Å². The van der Waals surface area contributed by atoms with Gasteiger partial charge in [0.25, 0.3) is 5.91 Å². The third-order valence-corrected chi connectivity index (χ3v) is 3.46. The highest BCUT2D eigenvalue weighted by Gasteiger charge is 2.33. The summed E-state index contributed by atoms with van der Waals surface area (Å²) in [4.78, 5) is 16.2. The van der Waals surface area contributed by atoms with Gasteiger partial charge in [0.05, 0.1) is 11.1 Å². The van der Waals surface area contributed by atoms with Crippen molar-refractivity contribution < 1.29 is 18.0 Å². The Balaban J connectivity index is 2.27. The van der Waals surface area contributed by atoms with E-state index >= 15 is 0 Å². The summed E-state index contributed by atoms with van der Waals surface area (Å²) in [6.07, 6.45) is -2.87. The zero-order valence-electron chi connectivity index (χ0n) is 11.6. The molecule has 1 aromatic carbocycles. The third-order valence-electron chi connectivity index (χ3n) is 3.13. The highest BCUT2D eigenvalue weighted by atomic mass is 32.1. The minimum atomic E-state index is -4.45. The summed E-state index contributed by atoms with van der Waals surface area (Å²) in [6, 6.07) is 8.34. The number of halogens is 3. The standard InChI is InChI=1S/C15H13F3N2OS/c1-20(14(21)11-6-4-8-19-13(11)22)9-10-5-2-3-7-12(10)15(16,17)18/h2-8H,9H2,1H3,(H,19,22). The van der Waals surface area contributed by atoms with E-state index in [9.17, 15) is 18.0 Å². The first-order valence-electron chi connectivity index (χ1n) is 6.39. The molecule has 0 saturated heterocycles. The van der Waals surface area contributed by atoms with Gasteiger partial charge in [-0.1, -0.05) is 30.4 Å². The molecular formula is C15H13F3N2OS. The molecule has 0 spiro atoms. The molecular weight excluding hydrogens is 313 g/mol. The van der Waals surface area contributed by atoms with Crippen LogP contribution in [0.15, 0.2) is 42.6 Å². The highest BCUT2D eigenvalue weighted by molar-refractivity contribution is 7.71. The third kappa shape index (κ3) is 3.54. The number of H-pyrrole nitrogens is 1. The van der Waals surface area contributed by atoms with E-state index in [4.69, 9.17) is 12.2 Å². The van der Waals surface area contributed by atoms with E-state index < -0.39 is 17.6 Å². The fourth-order valence-corrected chi connectivity index (χ4v) is 2.28. The van der Waals surface area contributed by atoms with Crippen LogP contribution in [0.5, 0.6) is 0 Å². The first-order chi connectivity index (χ1) is 10.3. The van der Waals surface area contributed by atoms with Crippen molar-refractivity contribution in [2.24, 2.45) is 0 Å². The summed E-state index contributed by atoms with van der Waals surface area (Å²) >= 11 is 5.01. The van der Waals surface area contributed by atoms with Gasteiger partial charge in [0.15, 0.2) is 0 Å². The van der Waals surface area contributed by atoms with Gasteiger partial charge in [-0.2, -0.15) is 13.2 Å². The van der Waals surface area contributed by atoms with E-state index in [0.29, 0.717) is 0 Å². The van der Waals surface area contributed by atoms with Gasteiger partial charge in [0, 0.05) is 19.8 Å². The van der Waals surface area contributed by atoms with E-state index in [0.717, 1.165) is 6.07 Å². The number of rotatable bonds is 3. The van der Waals surface area contributed by atoms with Gasteiger partial charge in [-0.15, -0.1) is 0 Å². The first kappa shape index (κ1) is 16.2. The lowest BCUT2D eigenvalue weighted by molar-refractivity contribution is -0.138. The molecule has 0 aliphatic heterocycles. The molecule has 0 radical (unpaired) electrons. The number of nitrogens with zero attached hydrogens (tertiary/aromatic N) is 1. The molecule has 1 heterocycles. The van der Waals surface area contributed by atoms with Gasteiger partial charge in [-0.25, -0.2) is 0 Å². The zero-order valence-corrected chi connectivity index (χ0v) is 12.5. The van der Waals surface area contributed by atoms with Crippen LogP contribution in [0, 0.1) is 4.64 Å². The number of pyridine rings is 1. The Hall–Kier alpha value is -2.15. The van der Waals surface area contributed by atoms with Crippen LogP contribution in [0.3, 0.4) is 0 Å². The Bertz CT molecular complexity index is 740. The molecule has 0 saturated carbocycles. The maximum absolute atomic E-state index is 13.0. The van der Waals surface area contributed by atoms with Gasteiger partial charge in [-0.05, 0) is 23.8 Å². The number of amides is 1. The Morgan fingerprint density at radius 3 is 2.55 bits per heavy atom. The summed E-state index contributed by atoms with van der Waals surface area (Å²) in [5.74, 6) is -0.432. The van der Waals surface area contributed by atoms with Crippen molar-refractivity contribution >= 4 is 18.1 Å². The molecule has 0 fully saturated rings. The lowest BCUT2D eigenvalue weighted by Crippen LogP contribution is -2.27. The molecule has 1 N–H and O–H groups in total. The van der Waals surface area contributed by atoms with Crippen LogP contribution >= 0.6 is 12.2 Å². The van der Waals surface area contributed by atoms with Gasteiger partial charge in [-0.3, -0.25) is 4.79 Å². The fraction of sp³-hybridized carbons (Fsp3) is 0.200. The highest BCUT2D eigenvalue weighted by Crippen LogP contribution is 2.32. The molecule has 7 heteroatoms.